The molecule has 1 fully saturated rings. The fourth-order valence-corrected chi connectivity index (χ4v) is 3.69. The largest absolute Gasteiger partial charge is 0.373 e. The maximum atomic E-state index is 11.4. The third-order valence-corrected chi connectivity index (χ3v) is 4.88. The molecule has 0 radical (unpaired) electrons. The second-order valence-electron chi connectivity index (χ2n) is 5.76. The number of nitro groups is 1. The minimum atomic E-state index is -0.355. The summed E-state index contributed by atoms with van der Waals surface area (Å²) in [5, 5.41) is 17.3. The molecule has 0 amide bonds. The highest BCUT2D eigenvalue weighted by atomic mass is 32.1. The number of imidazole rings is 1. The van der Waals surface area contributed by atoms with Gasteiger partial charge in [-0.2, -0.15) is 9.38 Å². The van der Waals surface area contributed by atoms with Gasteiger partial charge in [-0.05, 0) is 11.8 Å². The average molecular weight is 348 g/mol. The molecule has 3 aromatic rings. The Labute approximate surface area is 141 Å². The van der Waals surface area contributed by atoms with E-state index in [-0.39, 0.29) is 10.7 Å². The van der Waals surface area contributed by atoms with E-state index >= 15 is 0 Å². The van der Waals surface area contributed by atoms with Crippen molar-refractivity contribution in [1.29, 1.82) is 0 Å². The van der Waals surface area contributed by atoms with Gasteiger partial charge in [0, 0.05) is 44.2 Å². The van der Waals surface area contributed by atoms with Crippen LogP contribution in [-0.4, -0.2) is 50.5 Å². The topological polar surface area (TPSA) is 93.0 Å². The van der Waals surface area contributed by atoms with Gasteiger partial charge in [-0.25, -0.2) is 0 Å². The number of anilines is 1. The van der Waals surface area contributed by atoms with E-state index in [1.165, 1.54) is 11.3 Å². The van der Waals surface area contributed by atoms with E-state index in [9.17, 15) is 10.1 Å². The molecular formula is C14H16N6O3S. The third kappa shape index (κ3) is 2.63. The van der Waals surface area contributed by atoms with Crippen molar-refractivity contribution in [3.05, 3.63) is 39.2 Å². The molecular weight excluding hydrogens is 332 g/mol. The highest BCUT2D eigenvalue weighted by Gasteiger charge is 2.30. The van der Waals surface area contributed by atoms with Gasteiger partial charge in [-0.1, -0.05) is 16.5 Å². The number of hydrogen-bond acceptors (Lipinski definition) is 8. The standard InChI is InChI=1S/C14H16N6O3S/c1-10-8-11(16-23-10)9-17-2-4-18(5-3-17)12-13(20(21)22)19-6-7-24-14(19)15-12/h6-8H,2-5,9H2,1H3. The predicted octanol–water partition coefficient (Wildman–Crippen LogP) is 1.92. The number of aryl methyl sites for hydroxylation is 1. The van der Waals surface area contributed by atoms with Crippen molar-refractivity contribution in [3.63, 3.8) is 0 Å². The van der Waals surface area contributed by atoms with Crippen molar-refractivity contribution in [3.8, 4) is 0 Å². The van der Waals surface area contributed by atoms with Crippen LogP contribution in [0.3, 0.4) is 0 Å². The molecule has 10 heteroatoms. The fraction of sp³-hybridized carbons (Fsp3) is 0.429. The number of piperazine rings is 1. The minimum Gasteiger partial charge on any atom is -0.361 e. The molecule has 9 nitrogen and oxygen atoms in total. The number of nitrogens with zero attached hydrogens (tertiary/aromatic N) is 6. The highest BCUT2D eigenvalue weighted by molar-refractivity contribution is 7.15. The average Bonchev–Trinajstić information content (AvgIpc) is 3.23. The summed E-state index contributed by atoms with van der Waals surface area (Å²) in [5.74, 6) is 1.31. The van der Waals surface area contributed by atoms with Crippen LogP contribution in [0.4, 0.5) is 11.6 Å². The first-order valence-corrected chi connectivity index (χ1v) is 8.49. The van der Waals surface area contributed by atoms with Gasteiger partial charge in [-0.3, -0.25) is 4.90 Å². The fourth-order valence-electron chi connectivity index (χ4n) is 2.98. The predicted molar refractivity (Wildman–Crippen MR) is 88.5 cm³/mol. The summed E-state index contributed by atoms with van der Waals surface area (Å²) in [4.78, 5) is 20.4. The quantitative estimate of drug-likeness (QED) is 0.525. The molecule has 0 N–H and O–H groups in total. The van der Waals surface area contributed by atoms with Gasteiger partial charge in [-0.15, -0.1) is 0 Å². The van der Waals surface area contributed by atoms with Crippen molar-refractivity contribution in [2.24, 2.45) is 0 Å². The Kier molecular flexibility index (Phi) is 3.69. The zero-order valence-electron chi connectivity index (χ0n) is 13.1. The molecule has 4 rings (SSSR count). The van der Waals surface area contributed by atoms with Crippen LogP contribution in [0.15, 0.2) is 22.2 Å². The van der Waals surface area contributed by atoms with E-state index in [1.807, 2.05) is 17.9 Å². The van der Waals surface area contributed by atoms with Gasteiger partial charge < -0.3 is 19.5 Å². The summed E-state index contributed by atoms with van der Waals surface area (Å²) in [5.41, 5.74) is 0.912. The lowest BCUT2D eigenvalue weighted by molar-refractivity contribution is -0.389. The van der Waals surface area contributed by atoms with Crippen molar-refractivity contribution in [2.45, 2.75) is 13.5 Å². The molecule has 24 heavy (non-hydrogen) atoms. The SMILES string of the molecule is Cc1cc(CN2CCN(c3nc4sccn4c3[N+](=O)[O-])CC2)no1. The summed E-state index contributed by atoms with van der Waals surface area (Å²) in [6.45, 7) is 5.59. The number of fused-ring (bicyclic) bond motifs is 1. The molecule has 4 heterocycles. The van der Waals surface area contributed by atoms with Crippen LogP contribution in [0.25, 0.3) is 4.96 Å². The molecule has 1 aliphatic heterocycles. The summed E-state index contributed by atoms with van der Waals surface area (Å²) >= 11 is 1.40. The lowest BCUT2D eigenvalue weighted by Gasteiger charge is -2.33. The van der Waals surface area contributed by atoms with Crippen LogP contribution in [0.5, 0.6) is 0 Å². The van der Waals surface area contributed by atoms with Crippen LogP contribution >= 0.6 is 11.3 Å². The first kappa shape index (κ1) is 15.1. The van der Waals surface area contributed by atoms with E-state index in [1.54, 1.807) is 16.0 Å². The van der Waals surface area contributed by atoms with Crippen molar-refractivity contribution in [1.82, 2.24) is 19.4 Å². The molecule has 3 aromatic heterocycles. The number of aromatic nitrogens is 3. The smallest absolute Gasteiger partial charge is 0.361 e. The lowest BCUT2D eigenvalue weighted by atomic mass is 10.3. The van der Waals surface area contributed by atoms with Crippen molar-refractivity contribution < 1.29 is 9.45 Å². The molecule has 0 bridgehead atoms. The molecule has 126 valence electrons. The van der Waals surface area contributed by atoms with Crippen LogP contribution in [0.2, 0.25) is 0 Å². The van der Waals surface area contributed by atoms with Crippen LogP contribution in [0, 0.1) is 17.0 Å². The van der Waals surface area contributed by atoms with E-state index in [0.717, 1.165) is 31.1 Å². The zero-order valence-corrected chi connectivity index (χ0v) is 13.9. The molecule has 0 aliphatic carbocycles. The van der Waals surface area contributed by atoms with Gasteiger partial charge in [0.2, 0.25) is 5.82 Å². The molecule has 0 atom stereocenters. The van der Waals surface area contributed by atoms with Crippen molar-refractivity contribution in [2.75, 3.05) is 31.1 Å². The Bertz CT molecular complexity index is 876. The van der Waals surface area contributed by atoms with Gasteiger partial charge in [0.15, 0.2) is 0 Å². The van der Waals surface area contributed by atoms with Gasteiger partial charge in [0.05, 0.1) is 5.69 Å². The maximum Gasteiger partial charge on any atom is 0.373 e. The lowest BCUT2D eigenvalue weighted by Crippen LogP contribution is -2.46. The number of thiazole rings is 1. The Morgan fingerprint density at radius 1 is 1.38 bits per heavy atom. The van der Waals surface area contributed by atoms with E-state index in [2.05, 4.69) is 15.0 Å². The minimum absolute atomic E-state index is 0.0480. The normalized spacial score (nSPS) is 16.1. The molecule has 0 spiro atoms. The second kappa shape index (κ2) is 5.87. The van der Waals surface area contributed by atoms with E-state index in [0.29, 0.717) is 23.9 Å². The summed E-state index contributed by atoms with van der Waals surface area (Å²) in [6.07, 6.45) is 1.69. The summed E-state index contributed by atoms with van der Waals surface area (Å²) in [6, 6.07) is 1.93. The molecule has 0 unspecified atom stereocenters. The number of hydrogen-bond donors (Lipinski definition) is 0. The summed E-state index contributed by atoms with van der Waals surface area (Å²) < 4.78 is 6.64. The summed E-state index contributed by atoms with van der Waals surface area (Å²) in [7, 11) is 0. The zero-order chi connectivity index (χ0) is 16.7. The van der Waals surface area contributed by atoms with Crippen molar-refractivity contribution >= 4 is 27.9 Å². The Hall–Kier alpha value is -2.46. The van der Waals surface area contributed by atoms with Gasteiger partial charge in [0.25, 0.3) is 4.96 Å². The molecule has 0 aromatic carbocycles. The molecule has 1 saturated heterocycles. The Morgan fingerprint density at radius 2 is 2.17 bits per heavy atom. The maximum absolute atomic E-state index is 11.4. The van der Waals surface area contributed by atoms with Gasteiger partial charge >= 0.3 is 5.82 Å². The molecule has 1 aliphatic rings. The third-order valence-electron chi connectivity index (χ3n) is 4.13. The number of rotatable bonds is 4. The van der Waals surface area contributed by atoms with Crippen LogP contribution < -0.4 is 4.90 Å². The van der Waals surface area contributed by atoms with E-state index in [4.69, 9.17) is 4.52 Å². The Morgan fingerprint density at radius 3 is 2.83 bits per heavy atom. The first-order valence-electron chi connectivity index (χ1n) is 7.61. The second-order valence-corrected chi connectivity index (χ2v) is 6.64. The van der Waals surface area contributed by atoms with E-state index < -0.39 is 0 Å². The molecule has 0 saturated carbocycles. The first-order chi connectivity index (χ1) is 11.6. The highest BCUT2D eigenvalue weighted by Crippen LogP contribution is 2.31. The van der Waals surface area contributed by atoms with Crippen LogP contribution in [-0.2, 0) is 6.54 Å². The van der Waals surface area contributed by atoms with Crippen LogP contribution in [0.1, 0.15) is 11.5 Å². The monoisotopic (exact) mass is 348 g/mol. The Balaban J connectivity index is 1.48. The van der Waals surface area contributed by atoms with Gasteiger partial charge in [0.1, 0.15) is 12.0 Å².